The normalized spacial score (nSPS) is 14.3. The van der Waals surface area contributed by atoms with Gasteiger partial charge in [0.1, 0.15) is 0 Å². The van der Waals surface area contributed by atoms with E-state index < -0.39 is 6.10 Å². The Hall–Kier alpha value is -0.340. The summed E-state index contributed by atoms with van der Waals surface area (Å²) in [6.07, 6.45) is 6.18. The standard InChI is InChI=1S/C8H16O2/c1-2-3-4-5-6-8(10)7-9/h5-6,8-10H,2-4,7H2,1H3/b6-5+/t8-/m0/s1. The van der Waals surface area contributed by atoms with Gasteiger partial charge in [0.05, 0.1) is 12.7 Å². The fourth-order valence-corrected chi connectivity index (χ4v) is 0.636. The summed E-state index contributed by atoms with van der Waals surface area (Å²) in [5, 5.41) is 17.2. The topological polar surface area (TPSA) is 40.5 Å². The molecule has 1 atom stereocenters. The van der Waals surface area contributed by atoms with Gasteiger partial charge < -0.3 is 10.2 Å². The van der Waals surface area contributed by atoms with Gasteiger partial charge in [-0.1, -0.05) is 31.9 Å². The summed E-state index contributed by atoms with van der Waals surface area (Å²) in [5.74, 6) is 0. The van der Waals surface area contributed by atoms with Crippen LogP contribution in [0.3, 0.4) is 0 Å². The first kappa shape index (κ1) is 9.66. The Morgan fingerprint density at radius 3 is 2.70 bits per heavy atom. The maximum atomic E-state index is 8.82. The third-order valence-corrected chi connectivity index (χ3v) is 1.27. The molecule has 0 bridgehead atoms. The maximum absolute atomic E-state index is 8.82. The molecule has 0 fully saturated rings. The summed E-state index contributed by atoms with van der Waals surface area (Å²) in [7, 11) is 0. The largest absolute Gasteiger partial charge is 0.393 e. The van der Waals surface area contributed by atoms with Crippen molar-refractivity contribution in [1.29, 1.82) is 0 Å². The van der Waals surface area contributed by atoms with Gasteiger partial charge >= 0.3 is 0 Å². The van der Waals surface area contributed by atoms with Crippen LogP contribution in [0.25, 0.3) is 0 Å². The molecule has 2 nitrogen and oxygen atoms in total. The smallest absolute Gasteiger partial charge is 0.0951 e. The van der Waals surface area contributed by atoms with E-state index in [1.807, 2.05) is 6.08 Å². The van der Waals surface area contributed by atoms with Gasteiger partial charge in [-0.2, -0.15) is 0 Å². The molecule has 0 spiro atoms. The Morgan fingerprint density at radius 1 is 1.50 bits per heavy atom. The molecule has 0 heterocycles. The minimum Gasteiger partial charge on any atom is -0.393 e. The zero-order chi connectivity index (χ0) is 7.82. The quantitative estimate of drug-likeness (QED) is 0.448. The van der Waals surface area contributed by atoms with Crippen molar-refractivity contribution in [3.63, 3.8) is 0 Å². The lowest BCUT2D eigenvalue weighted by atomic mass is 10.2. The van der Waals surface area contributed by atoms with Crippen LogP contribution in [0.15, 0.2) is 12.2 Å². The Labute approximate surface area is 62.2 Å². The van der Waals surface area contributed by atoms with Crippen LogP contribution in [-0.4, -0.2) is 22.9 Å². The molecule has 0 unspecified atom stereocenters. The molecule has 0 aliphatic heterocycles. The molecule has 0 rings (SSSR count). The van der Waals surface area contributed by atoms with E-state index >= 15 is 0 Å². The van der Waals surface area contributed by atoms with Crippen molar-refractivity contribution in [2.75, 3.05) is 6.61 Å². The molecule has 2 heteroatoms. The van der Waals surface area contributed by atoms with E-state index in [1.165, 1.54) is 6.42 Å². The molecule has 0 amide bonds. The number of aliphatic hydroxyl groups is 2. The van der Waals surface area contributed by atoms with E-state index in [-0.39, 0.29) is 6.61 Å². The predicted octanol–water partition coefficient (Wildman–Crippen LogP) is 1.09. The van der Waals surface area contributed by atoms with E-state index in [0.29, 0.717) is 0 Å². The molecule has 0 aliphatic carbocycles. The molecular formula is C8H16O2. The first-order valence-corrected chi connectivity index (χ1v) is 3.76. The van der Waals surface area contributed by atoms with Gasteiger partial charge in [-0.3, -0.25) is 0 Å². The summed E-state index contributed by atoms with van der Waals surface area (Å²) in [4.78, 5) is 0. The molecule has 10 heavy (non-hydrogen) atoms. The summed E-state index contributed by atoms with van der Waals surface area (Å²) in [6.45, 7) is 1.94. The molecule has 0 aliphatic rings. The van der Waals surface area contributed by atoms with Gasteiger partial charge in [-0.05, 0) is 6.42 Å². The molecule has 0 saturated heterocycles. The molecule has 2 N–H and O–H groups in total. The summed E-state index contributed by atoms with van der Waals surface area (Å²) < 4.78 is 0. The number of allylic oxidation sites excluding steroid dienone is 1. The van der Waals surface area contributed by atoms with Crippen LogP contribution in [0.2, 0.25) is 0 Å². The van der Waals surface area contributed by atoms with Gasteiger partial charge in [-0.15, -0.1) is 0 Å². The highest BCUT2D eigenvalue weighted by Crippen LogP contribution is 1.95. The lowest BCUT2D eigenvalue weighted by Crippen LogP contribution is -2.06. The van der Waals surface area contributed by atoms with Crippen molar-refractivity contribution in [2.45, 2.75) is 32.3 Å². The number of hydrogen-bond acceptors (Lipinski definition) is 2. The van der Waals surface area contributed by atoms with Gasteiger partial charge in [0.25, 0.3) is 0 Å². The fraction of sp³-hybridized carbons (Fsp3) is 0.750. The Bertz CT molecular complexity index is 89.3. The second-order valence-electron chi connectivity index (χ2n) is 2.32. The highest BCUT2D eigenvalue weighted by molar-refractivity contribution is 4.87. The highest BCUT2D eigenvalue weighted by atomic mass is 16.3. The van der Waals surface area contributed by atoms with E-state index in [4.69, 9.17) is 10.2 Å². The van der Waals surface area contributed by atoms with Crippen molar-refractivity contribution < 1.29 is 10.2 Å². The number of rotatable bonds is 5. The third-order valence-electron chi connectivity index (χ3n) is 1.27. The molecule has 0 aromatic heterocycles. The van der Waals surface area contributed by atoms with Gasteiger partial charge in [-0.25, -0.2) is 0 Å². The summed E-state index contributed by atoms with van der Waals surface area (Å²) >= 11 is 0. The van der Waals surface area contributed by atoms with Crippen molar-refractivity contribution >= 4 is 0 Å². The van der Waals surface area contributed by atoms with Crippen molar-refractivity contribution in [3.8, 4) is 0 Å². The monoisotopic (exact) mass is 144 g/mol. The fourth-order valence-electron chi connectivity index (χ4n) is 0.636. The molecule has 0 saturated carbocycles. The van der Waals surface area contributed by atoms with Gasteiger partial charge in [0.2, 0.25) is 0 Å². The number of unbranched alkanes of at least 4 members (excludes halogenated alkanes) is 2. The van der Waals surface area contributed by atoms with Crippen LogP contribution < -0.4 is 0 Å². The summed E-state index contributed by atoms with van der Waals surface area (Å²) in [6, 6.07) is 0. The Morgan fingerprint density at radius 2 is 2.20 bits per heavy atom. The first-order valence-electron chi connectivity index (χ1n) is 3.76. The van der Waals surface area contributed by atoms with E-state index in [1.54, 1.807) is 6.08 Å². The first-order chi connectivity index (χ1) is 4.81. The molecule has 0 radical (unpaired) electrons. The van der Waals surface area contributed by atoms with Crippen molar-refractivity contribution in [2.24, 2.45) is 0 Å². The van der Waals surface area contributed by atoms with Gasteiger partial charge in [0.15, 0.2) is 0 Å². The van der Waals surface area contributed by atoms with E-state index in [2.05, 4.69) is 6.92 Å². The molecule has 60 valence electrons. The summed E-state index contributed by atoms with van der Waals surface area (Å²) in [5.41, 5.74) is 0. The predicted molar refractivity (Wildman–Crippen MR) is 41.8 cm³/mol. The SMILES string of the molecule is CCCC/C=C/[C@H](O)CO. The lowest BCUT2D eigenvalue weighted by molar-refractivity contribution is 0.131. The van der Waals surface area contributed by atoms with E-state index in [9.17, 15) is 0 Å². The second-order valence-corrected chi connectivity index (χ2v) is 2.32. The Balaban J connectivity index is 3.18. The highest BCUT2D eigenvalue weighted by Gasteiger charge is 1.91. The van der Waals surface area contributed by atoms with Crippen LogP contribution in [-0.2, 0) is 0 Å². The number of aliphatic hydroxyl groups excluding tert-OH is 2. The zero-order valence-electron chi connectivity index (χ0n) is 6.45. The minimum atomic E-state index is -0.670. The second kappa shape index (κ2) is 6.78. The van der Waals surface area contributed by atoms with Crippen LogP contribution >= 0.6 is 0 Å². The average Bonchev–Trinajstić information content (AvgIpc) is 1.98. The third kappa shape index (κ3) is 5.79. The minimum absolute atomic E-state index is 0.178. The van der Waals surface area contributed by atoms with Crippen LogP contribution in [0.1, 0.15) is 26.2 Å². The van der Waals surface area contributed by atoms with E-state index in [0.717, 1.165) is 12.8 Å². The van der Waals surface area contributed by atoms with Crippen LogP contribution in [0, 0.1) is 0 Å². The molecular weight excluding hydrogens is 128 g/mol. The molecule has 0 aromatic rings. The van der Waals surface area contributed by atoms with Crippen LogP contribution in [0.4, 0.5) is 0 Å². The van der Waals surface area contributed by atoms with Crippen molar-refractivity contribution in [3.05, 3.63) is 12.2 Å². The maximum Gasteiger partial charge on any atom is 0.0951 e. The zero-order valence-corrected chi connectivity index (χ0v) is 6.45. The van der Waals surface area contributed by atoms with Crippen LogP contribution in [0.5, 0.6) is 0 Å². The van der Waals surface area contributed by atoms with Gasteiger partial charge in [0, 0.05) is 0 Å². The number of hydrogen-bond donors (Lipinski definition) is 2. The average molecular weight is 144 g/mol. The molecule has 0 aromatic carbocycles. The Kier molecular flexibility index (Phi) is 6.55. The van der Waals surface area contributed by atoms with Crippen molar-refractivity contribution in [1.82, 2.24) is 0 Å². The lowest BCUT2D eigenvalue weighted by Gasteiger charge is -1.97.